The minimum atomic E-state index is -0.854. The zero-order chi connectivity index (χ0) is 22.8. The van der Waals surface area contributed by atoms with Gasteiger partial charge in [-0.15, -0.1) is 9.24 Å². The molecule has 0 saturated carbocycles. The molecule has 0 aliphatic carbocycles. The lowest BCUT2D eigenvalue weighted by Crippen LogP contribution is -2.58. The summed E-state index contributed by atoms with van der Waals surface area (Å²) in [6, 6.07) is 10.1. The predicted molar refractivity (Wildman–Crippen MR) is 128 cm³/mol. The molecular formula is C25H39N2O3P. The number of rotatable bonds is 4. The van der Waals surface area contributed by atoms with Crippen LogP contribution in [0.3, 0.4) is 0 Å². The molecule has 3 rings (SSSR count). The van der Waals surface area contributed by atoms with Crippen molar-refractivity contribution in [2.75, 3.05) is 19.6 Å². The molecular weight excluding hydrogens is 407 g/mol. The van der Waals surface area contributed by atoms with Crippen LogP contribution in [-0.4, -0.2) is 58.0 Å². The summed E-state index contributed by atoms with van der Waals surface area (Å²) in [5.74, 6) is 0.657. The summed E-state index contributed by atoms with van der Waals surface area (Å²) in [7, 11) is 2.84. The first kappa shape index (κ1) is 24.2. The number of likely N-dealkylation sites (tertiary alicyclic amines) is 2. The number of hydrogen-bond acceptors (Lipinski definition) is 3. The highest BCUT2D eigenvalue weighted by Gasteiger charge is 2.47. The largest absolute Gasteiger partial charge is 0.389 e. The van der Waals surface area contributed by atoms with Crippen LogP contribution in [0, 0.1) is 11.3 Å². The number of piperidine rings is 2. The average molecular weight is 447 g/mol. The van der Waals surface area contributed by atoms with Gasteiger partial charge in [0.25, 0.3) is 0 Å². The minimum absolute atomic E-state index is 0.0113. The maximum atomic E-state index is 13.3. The maximum Gasteiger partial charge on any atom is 0.223 e. The third-order valence-corrected chi connectivity index (χ3v) is 8.29. The van der Waals surface area contributed by atoms with Gasteiger partial charge in [0.1, 0.15) is 0 Å². The molecule has 0 bridgehead atoms. The molecule has 1 aromatic carbocycles. The minimum Gasteiger partial charge on any atom is -0.389 e. The highest BCUT2D eigenvalue weighted by molar-refractivity contribution is 7.17. The van der Waals surface area contributed by atoms with Gasteiger partial charge in [-0.25, -0.2) is 0 Å². The first-order chi connectivity index (χ1) is 14.5. The monoisotopic (exact) mass is 446 g/mol. The van der Waals surface area contributed by atoms with E-state index in [1.165, 1.54) is 0 Å². The fourth-order valence-corrected chi connectivity index (χ4v) is 5.68. The van der Waals surface area contributed by atoms with Crippen LogP contribution >= 0.6 is 9.24 Å². The summed E-state index contributed by atoms with van der Waals surface area (Å²) in [6.07, 6.45) is 3.49. The van der Waals surface area contributed by atoms with Gasteiger partial charge in [-0.2, -0.15) is 0 Å². The van der Waals surface area contributed by atoms with Gasteiger partial charge in [0.05, 0.1) is 5.60 Å². The van der Waals surface area contributed by atoms with E-state index in [0.29, 0.717) is 31.7 Å². The smallest absolute Gasteiger partial charge is 0.223 e. The Morgan fingerprint density at radius 1 is 1.16 bits per heavy atom. The molecule has 172 valence electrons. The maximum absolute atomic E-state index is 13.3. The van der Waals surface area contributed by atoms with E-state index in [9.17, 15) is 14.7 Å². The van der Waals surface area contributed by atoms with Crippen LogP contribution < -0.4 is 0 Å². The lowest BCUT2D eigenvalue weighted by molar-refractivity contribution is -0.146. The van der Waals surface area contributed by atoms with Gasteiger partial charge in [-0.05, 0) is 42.6 Å². The molecule has 5 nitrogen and oxygen atoms in total. The second-order valence-electron chi connectivity index (χ2n) is 10.6. The number of amides is 2. The molecule has 2 fully saturated rings. The average Bonchev–Trinajstić information content (AvgIpc) is 2.73. The summed E-state index contributed by atoms with van der Waals surface area (Å²) < 4.78 is 0. The SMILES string of the molecule is CC(=O)N1CCC(CC(=O)N2CC[C@](O)(C(P)c3ccccc3)CC2C(C)(C)C)CC1. The molecule has 3 unspecified atom stereocenters. The second-order valence-corrected chi connectivity index (χ2v) is 11.2. The molecule has 2 amide bonds. The third-order valence-electron chi connectivity index (χ3n) is 7.29. The Bertz CT molecular complexity index is 771. The zero-order valence-corrected chi connectivity index (χ0v) is 20.7. The second kappa shape index (κ2) is 9.58. The first-order valence-corrected chi connectivity index (χ1v) is 12.3. The van der Waals surface area contributed by atoms with Crippen molar-refractivity contribution >= 4 is 21.1 Å². The van der Waals surface area contributed by atoms with Gasteiger partial charge in [0, 0.05) is 44.7 Å². The van der Waals surface area contributed by atoms with E-state index in [1.807, 2.05) is 28.0 Å². The Hall–Kier alpha value is -1.45. The van der Waals surface area contributed by atoms with Crippen LogP contribution in [0.1, 0.15) is 71.0 Å². The van der Waals surface area contributed by atoms with Crippen LogP contribution in [0.15, 0.2) is 30.3 Å². The van der Waals surface area contributed by atoms with Crippen molar-refractivity contribution in [3.8, 4) is 0 Å². The number of hydrogen-bond donors (Lipinski definition) is 1. The van der Waals surface area contributed by atoms with Crippen molar-refractivity contribution < 1.29 is 14.7 Å². The van der Waals surface area contributed by atoms with Gasteiger partial charge in [-0.3, -0.25) is 9.59 Å². The fourth-order valence-electron chi connectivity index (χ4n) is 5.16. The number of carbonyl (C=O) groups is 2. The predicted octanol–water partition coefficient (Wildman–Crippen LogP) is 4.02. The van der Waals surface area contributed by atoms with Crippen molar-refractivity contribution in [2.45, 2.75) is 77.1 Å². The van der Waals surface area contributed by atoms with Crippen LogP contribution in [0.5, 0.6) is 0 Å². The number of carbonyl (C=O) groups excluding carboxylic acids is 2. The van der Waals surface area contributed by atoms with Crippen molar-refractivity contribution in [1.29, 1.82) is 0 Å². The molecule has 2 saturated heterocycles. The Balaban J connectivity index is 1.69. The summed E-state index contributed by atoms with van der Waals surface area (Å²) in [5.41, 5.74) is 0.0721. The zero-order valence-electron chi connectivity index (χ0n) is 19.5. The van der Waals surface area contributed by atoms with Crippen LogP contribution in [-0.2, 0) is 9.59 Å². The molecule has 0 radical (unpaired) electrons. The number of nitrogens with zero attached hydrogens (tertiary/aromatic N) is 2. The quantitative estimate of drug-likeness (QED) is 0.711. The van der Waals surface area contributed by atoms with E-state index in [4.69, 9.17) is 0 Å². The van der Waals surface area contributed by atoms with Crippen molar-refractivity contribution in [3.05, 3.63) is 35.9 Å². The van der Waals surface area contributed by atoms with Crippen LogP contribution in [0.25, 0.3) is 0 Å². The van der Waals surface area contributed by atoms with E-state index in [-0.39, 0.29) is 28.9 Å². The molecule has 1 N–H and O–H groups in total. The molecule has 0 spiro atoms. The summed E-state index contributed by atoms with van der Waals surface area (Å²) in [4.78, 5) is 28.8. The Labute approximate surface area is 189 Å². The highest BCUT2D eigenvalue weighted by atomic mass is 31.0. The molecule has 0 aromatic heterocycles. The lowest BCUT2D eigenvalue weighted by Gasteiger charge is -2.51. The normalized spacial score (nSPS) is 26.6. The topological polar surface area (TPSA) is 60.9 Å². The van der Waals surface area contributed by atoms with Gasteiger partial charge in [0.15, 0.2) is 0 Å². The molecule has 31 heavy (non-hydrogen) atoms. The molecule has 1 aromatic rings. The van der Waals surface area contributed by atoms with Crippen LogP contribution in [0.4, 0.5) is 0 Å². The summed E-state index contributed by atoms with van der Waals surface area (Å²) >= 11 is 0. The molecule has 4 atom stereocenters. The Morgan fingerprint density at radius 3 is 2.32 bits per heavy atom. The van der Waals surface area contributed by atoms with E-state index in [2.05, 4.69) is 42.1 Å². The van der Waals surface area contributed by atoms with E-state index >= 15 is 0 Å². The number of aliphatic hydroxyl groups is 1. The van der Waals surface area contributed by atoms with Gasteiger partial charge in [0.2, 0.25) is 11.8 Å². The summed E-state index contributed by atoms with van der Waals surface area (Å²) in [6.45, 7) is 10.2. The summed E-state index contributed by atoms with van der Waals surface area (Å²) in [5, 5.41) is 11.6. The molecule has 2 aliphatic heterocycles. The lowest BCUT2D eigenvalue weighted by atomic mass is 9.72. The van der Waals surface area contributed by atoms with E-state index < -0.39 is 5.60 Å². The highest BCUT2D eigenvalue weighted by Crippen LogP contribution is 2.46. The third kappa shape index (κ3) is 5.68. The van der Waals surface area contributed by atoms with Crippen LogP contribution in [0.2, 0.25) is 0 Å². The van der Waals surface area contributed by atoms with Crippen molar-refractivity contribution in [1.82, 2.24) is 9.80 Å². The Kier molecular flexibility index (Phi) is 7.48. The van der Waals surface area contributed by atoms with Crippen molar-refractivity contribution in [2.24, 2.45) is 11.3 Å². The molecule has 2 heterocycles. The van der Waals surface area contributed by atoms with Gasteiger partial charge in [-0.1, -0.05) is 51.1 Å². The number of benzene rings is 1. The molecule has 2 aliphatic rings. The van der Waals surface area contributed by atoms with E-state index in [1.54, 1.807) is 6.92 Å². The van der Waals surface area contributed by atoms with E-state index in [0.717, 1.165) is 31.5 Å². The fraction of sp³-hybridized carbons (Fsp3) is 0.680. The van der Waals surface area contributed by atoms with Crippen molar-refractivity contribution in [3.63, 3.8) is 0 Å². The first-order valence-electron chi connectivity index (χ1n) is 11.6. The standard InChI is InChI=1S/C25H39N2O3P/c1-18(28)26-13-10-19(11-14-26)16-22(29)27-15-12-25(30,17-21(27)24(2,3)4)23(31)20-8-6-5-7-9-20/h5-9,19,21,23,30H,10-17,31H2,1-4H3/t21?,23?,25-/m1/s1. The van der Waals surface area contributed by atoms with Gasteiger partial charge >= 0.3 is 0 Å². The van der Waals surface area contributed by atoms with Gasteiger partial charge < -0.3 is 14.9 Å². The Morgan fingerprint density at radius 2 is 1.77 bits per heavy atom. The molecule has 6 heteroatoms.